The zero-order chi connectivity index (χ0) is 19.4. The highest BCUT2D eigenvalue weighted by Gasteiger charge is 2.06. The number of benzene rings is 1. The molecule has 8 heteroatoms. The lowest BCUT2D eigenvalue weighted by Crippen LogP contribution is -2.42. The zero-order valence-electron chi connectivity index (χ0n) is 16.9. The third-order valence-electron chi connectivity index (χ3n) is 3.70. The van der Waals surface area contributed by atoms with Crippen LogP contribution < -0.4 is 25.4 Å². The van der Waals surface area contributed by atoms with Crippen molar-refractivity contribution in [2.75, 3.05) is 40.4 Å². The highest BCUT2D eigenvalue weighted by Crippen LogP contribution is 2.27. The maximum atomic E-state index is 11.5. The van der Waals surface area contributed by atoms with Gasteiger partial charge in [0.05, 0.1) is 14.2 Å². The molecule has 3 N–H and O–H groups in total. The summed E-state index contributed by atoms with van der Waals surface area (Å²) in [5, 5.41) is 9.30. The van der Waals surface area contributed by atoms with Crippen LogP contribution in [-0.4, -0.2) is 52.3 Å². The van der Waals surface area contributed by atoms with Crippen LogP contribution in [0, 0.1) is 5.92 Å². The minimum absolute atomic E-state index is 0. The maximum Gasteiger partial charge on any atom is 0.222 e. The summed E-state index contributed by atoms with van der Waals surface area (Å²) in [5.41, 5.74) is 1.13. The summed E-state index contributed by atoms with van der Waals surface area (Å²) in [5.74, 6) is 2.24. The van der Waals surface area contributed by atoms with E-state index in [-0.39, 0.29) is 35.8 Å². The van der Waals surface area contributed by atoms with Gasteiger partial charge in [0.25, 0.3) is 0 Å². The molecule has 0 saturated carbocycles. The Hall–Kier alpha value is -1.71. The second-order valence-corrected chi connectivity index (χ2v) is 6.07. The first-order valence-corrected chi connectivity index (χ1v) is 9.02. The van der Waals surface area contributed by atoms with E-state index >= 15 is 0 Å². The second-order valence-electron chi connectivity index (χ2n) is 6.07. The van der Waals surface area contributed by atoms with E-state index in [1.54, 1.807) is 14.2 Å². The molecular formula is C19H33IN4O3. The summed E-state index contributed by atoms with van der Waals surface area (Å²) < 4.78 is 10.6. The number of hydrogen-bond acceptors (Lipinski definition) is 4. The fourth-order valence-electron chi connectivity index (χ4n) is 2.25. The molecule has 1 aromatic carbocycles. The number of nitrogens with zero attached hydrogens (tertiary/aromatic N) is 1. The standard InChI is InChI=1S/C19H32N4O3.HI/c1-6-20-19(23-12-11-21-18(24)14(2)3)22-10-9-15-7-8-16(25-4)17(13-15)26-5;/h7-8,13-14H,6,9-12H2,1-5H3,(H,21,24)(H2,20,22,23);1H. The van der Waals surface area contributed by atoms with Gasteiger partial charge in [-0.25, -0.2) is 0 Å². The number of carbonyl (C=O) groups excluding carboxylic acids is 1. The Balaban J connectivity index is 0.00000676. The van der Waals surface area contributed by atoms with Crippen molar-refractivity contribution >= 4 is 35.8 Å². The highest BCUT2D eigenvalue weighted by atomic mass is 127. The van der Waals surface area contributed by atoms with E-state index in [0.29, 0.717) is 19.6 Å². The molecule has 0 aliphatic carbocycles. The van der Waals surface area contributed by atoms with Crippen molar-refractivity contribution in [1.82, 2.24) is 16.0 Å². The van der Waals surface area contributed by atoms with Gasteiger partial charge in [0, 0.05) is 32.1 Å². The molecule has 1 aromatic rings. The van der Waals surface area contributed by atoms with Crippen LogP contribution in [0.3, 0.4) is 0 Å². The first-order chi connectivity index (χ1) is 12.5. The zero-order valence-corrected chi connectivity index (χ0v) is 19.3. The van der Waals surface area contributed by atoms with Gasteiger partial charge in [-0.1, -0.05) is 19.9 Å². The molecule has 0 aliphatic heterocycles. The van der Waals surface area contributed by atoms with Crippen molar-refractivity contribution in [3.05, 3.63) is 23.8 Å². The summed E-state index contributed by atoms with van der Waals surface area (Å²) in [6.45, 7) is 8.39. The van der Waals surface area contributed by atoms with Crippen molar-refractivity contribution in [3.63, 3.8) is 0 Å². The minimum Gasteiger partial charge on any atom is -0.493 e. The van der Waals surface area contributed by atoms with Gasteiger partial charge in [0.2, 0.25) is 5.91 Å². The molecule has 0 spiro atoms. The number of ether oxygens (including phenoxy) is 2. The molecule has 0 heterocycles. The molecule has 0 radical (unpaired) electrons. The lowest BCUT2D eigenvalue weighted by molar-refractivity contribution is -0.123. The SMILES string of the molecule is CCNC(=NCCc1ccc(OC)c(OC)c1)NCCNC(=O)C(C)C.I. The normalized spacial score (nSPS) is 10.8. The Morgan fingerprint density at radius 2 is 1.74 bits per heavy atom. The Morgan fingerprint density at radius 1 is 1.07 bits per heavy atom. The van der Waals surface area contributed by atoms with Gasteiger partial charge >= 0.3 is 0 Å². The number of amides is 1. The quantitative estimate of drug-likeness (QED) is 0.202. The van der Waals surface area contributed by atoms with Gasteiger partial charge in [0.1, 0.15) is 0 Å². The van der Waals surface area contributed by atoms with Crippen molar-refractivity contribution < 1.29 is 14.3 Å². The van der Waals surface area contributed by atoms with Crippen LogP contribution in [0.15, 0.2) is 23.2 Å². The third kappa shape index (κ3) is 9.69. The lowest BCUT2D eigenvalue weighted by atomic mass is 10.1. The number of halogens is 1. The number of carbonyl (C=O) groups is 1. The van der Waals surface area contributed by atoms with E-state index in [0.717, 1.165) is 36.0 Å². The van der Waals surface area contributed by atoms with E-state index < -0.39 is 0 Å². The molecule has 0 atom stereocenters. The Morgan fingerprint density at radius 3 is 2.33 bits per heavy atom. The van der Waals surface area contributed by atoms with Gasteiger partial charge in [-0.2, -0.15) is 0 Å². The second kappa shape index (κ2) is 14.4. The van der Waals surface area contributed by atoms with Gasteiger partial charge < -0.3 is 25.4 Å². The third-order valence-corrected chi connectivity index (χ3v) is 3.70. The first-order valence-electron chi connectivity index (χ1n) is 9.02. The van der Waals surface area contributed by atoms with Crippen LogP contribution in [0.1, 0.15) is 26.3 Å². The molecule has 0 aliphatic rings. The lowest BCUT2D eigenvalue weighted by Gasteiger charge is -2.13. The van der Waals surface area contributed by atoms with Crippen molar-refractivity contribution in [2.24, 2.45) is 10.9 Å². The number of nitrogens with one attached hydrogen (secondary N) is 3. The van der Waals surface area contributed by atoms with Gasteiger partial charge in [-0.05, 0) is 31.0 Å². The van der Waals surface area contributed by atoms with E-state index in [4.69, 9.17) is 9.47 Å². The van der Waals surface area contributed by atoms with E-state index in [1.807, 2.05) is 39.0 Å². The predicted octanol–water partition coefficient (Wildman–Crippen LogP) is 2.19. The molecule has 0 aromatic heterocycles. The first kappa shape index (κ1) is 25.3. The summed E-state index contributed by atoms with van der Waals surface area (Å²) in [7, 11) is 3.25. The van der Waals surface area contributed by atoms with Crippen molar-refractivity contribution in [3.8, 4) is 11.5 Å². The molecule has 1 rings (SSSR count). The van der Waals surface area contributed by atoms with Crippen molar-refractivity contribution in [2.45, 2.75) is 27.2 Å². The largest absolute Gasteiger partial charge is 0.493 e. The molecule has 0 unspecified atom stereocenters. The summed E-state index contributed by atoms with van der Waals surface area (Å²) in [6.07, 6.45) is 0.793. The summed E-state index contributed by atoms with van der Waals surface area (Å²) in [6, 6.07) is 5.88. The Kier molecular flexibility index (Phi) is 13.5. The van der Waals surface area contributed by atoms with Crippen LogP contribution in [0.2, 0.25) is 0 Å². The van der Waals surface area contributed by atoms with Crippen molar-refractivity contribution in [1.29, 1.82) is 0 Å². The van der Waals surface area contributed by atoms with Gasteiger partial charge in [0.15, 0.2) is 17.5 Å². The fourth-order valence-corrected chi connectivity index (χ4v) is 2.25. The average Bonchev–Trinajstić information content (AvgIpc) is 2.64. The topological polar surface area (TPSA) is 84.0 Å². The van der Waals surface area contributed by atoms with E-state index in [9.17, 15) is 4.79 Å². The number of aliphatic imine (C=N–C) groups is 1. The molecule has 7 nitrogen and oxygen atoms in total. The molecule has 27 heavy (non-hydrogen) atoms. The summed E-state index contributed by atoms with van der Waals surface area (Å²) >= 11 is 0. The van der Waals surface area contributed by atoms with Crippen LogP contribution in [0.4, 0.5) is 0 Å². The molecule has 0 bridgehead atoms. The van der Waals surface area contributed by atoms with Gasteiger partial charge in [-0.15, -0.1) is 24.0 Å². The smallest absolute Gasteiger partial charge is 0.222 e. The highest BCUT2D eigenvalue weighted by molar-refractivity contribution is 14.0. The molecule has 154 valence electrons. The van der Waals surface area contributed by atoms with Crippen LogP contribution in [0.5, 0.6) is 11.5 Å². The van der Waals surface area contributed by atoms with Crippen LogP contribution in [-0.2, 0) is 11.2 Å². The fraction of sp³-hybridized carbons (Fsp3) is 0.579. The van der Waals surface area contributed by atoms with E-state index in [2.05, 4.69) is 20.9 Å². The predicted molar refractivity (Wildman–Crippen MR) is 120 cm³/mol. The monoisotopic (exact) mass is 492 g/mol. The maximum absolute atomic E-state index is 11.5. The van der Waals surface area contributed by atoms with E-state index in [1.165, 1.54) is 0 Å². The number of rotatable bonds is 10. The van der Waals surface area contributed by atoms with Crippen LogP contribution >= 0.6 is 24.0 Å². The summed E-state index contributed by atoms with van der Waals surface area (Å²) in [4.78, 5) is 16.1. The Bertz CT molecular complexity index is 594. The minimum atomic E-state index is -0.00149. The Labute approximate surface area is 179 Å². The van der Waals surface area contributed by atoms with Gasteiger partial charge in [-0.3, -0.25) is 9.79 Å². The van der Waals surface area contributed by atoms with Crippen LogP contribution in [0.25, 0.3) is 0 Å². The number of methoxy groups -OCH3 is 2. The molecule has 0 fully saturated rings. The number of hydrogen-bond donors (Lipinski definition) is 3. The molecular weight excluding hydrogens is 459 g/mol. The number of guanidine groups is 1. The molecule has 0 saturated heterocycles. The average molecular weight is 492 g/mol. The molecule has 1 amide bonds.